The molecule has 0 aliphatic carbocycles. The number of unbranched alkanes of at least 4 members (excludes halogenated alkanes) is 1. The molecule has 0 atom stereocenters. The average Bonchev–Trinajstić information content (AvgIpc) is 2.37. The van der Waals surface area contributed by atoms with Gasteiger partial charge in [-0.2, -0.15) is 0 Å². The molecule has 0 spiro atoms. The summed E-state index contributed by atoms with van der Waals surface area (Å²) in [5.41, 5.74) is 2.92. The summed E-state index contributed by atoms with van der Waals surface area (Å²) in [7, 11) is -1.58. The van der Waals surface area contributed by atoms with Crippen LogP contribution in [0.25, 0.3) is 0 Å². The van der Waals surface area contributed by atoms with Crippen LogP contribution in [-0.2, 0) is 4.43 Å². The number of hydrogen-bond donors (Lipinski definition) is 0. The molecular formula is C21H40OSi. The number of hydrogen-bond acceptors (Lipinski definition) is 1. The van der Waals surface area contributed by atoms with E-state index in [1.807, 2.05) is 0 Å². The van der Waals surface area contributed by atoms with Crippen LogP contribution in [0.4, 0.5) is 0 Å². The molecule has 0 N–H and O–H groups in total. The van der Waals surface area contributed by atoms with Crippen molar-refractivity contribution >= 4 is 8.32 Å². The Morgan fingerprint density at radius 2 is 1.61 bits per heavy atom. The molecule has 0 aromatic rings. The fraction of sp³-hybridized carbons (Fsp3) is 0.714. The molecule has 0 fully saturated rings. The maximum absolute atomic E-state index is 6.21. The molecule has 134 valence electrons. The lowest BCUT2D eigenvalue weighted by atomic mass is 9.85. The molecule has 0 unspecified atom stereocenters. The fourth-order valence-corrected chi connectivity index (χ4v) is 3.13. The highest BCUT2D eigenvalue weighted by atomic mass is 28.4. The van der Waals surface area contributed by atoms with Gasteiger partial charge in [-0.15, -0.1) is 0 Å². The quantitative estimate of drug-likeness (QED) is 0.269. The van der Waals surface area contributed by atoms with Gasteiger partial charge in [0, 0.05) is 6.61 Å². The second-order valence-corrected chi connectivity index (χ2v) is 13.8. The van der Waals surface area contributed by atoms with E-state index in [2.05, 4.69) is 92.8 Å². The summed E-state index contributed by atoms with van der Waals surface area (Å²) in [6.07, 6.45) is 11.2. The standard InChI is InChI=1S/C21H40OSi/c1-11-19(20(3,4)5)17-18(2)15-13-12-14-16-22-23(9,10)21(6,7)8/h11,13,15,17H,12,14,16H2,1-10H3/b15-13+,18-17+,19-11+. The maximum atomic E-state index is 6.21. The minimum Gasteiger partial charge on any atom is -0.417 e. The lowest BCUT2D eigenvalue weighted by Crippen LogP contribution is -2.40. The van der Waals surface area contributed by atoms with Gasteiger partial charge in [0.1, 0.15) is 0 Å². The Morgan fingerprint density at radius 1 is 1.04 bits per heavy atom. The van der Waals surface area contributed by atoms with Crippen LogP contribution in [0.15, 0.2) is 35.5 Å². The van der Waals surface area contributed by atoms with Crippen LogP contribution in [0.2, 0.25) is 18.1 Å². The molecule has 0 aromatic carbocycles. The van der Waals surface area contributed by atoms with Crippen molar-refractivity contribution in [3.05, 3.63) is 35.5 Å². The zero-order valence-corrected chi connectivity index (χ0v) is 18.3. The molecule has 0 saturated carbocycles. The minimum absolute atomic E-state index is 0.209. The van der Waals surface area contributed by atoms with E-state index in [4.69, 9.17) is 4.43 Å². The van der Waals surface area contributed by atoms with Crippen molar-refractivity contribution < 1.29 is 4.43 Å². The SMILES string of the molecule is C\C=C(/C=C(C)/C=C/CCCO[Si](C)(C)C(C)(C)C)C(C)(C)C. The van der Waals surface area contributed by atoms with Crippen LogP contribution in [-0.4, -0.2) is 14.9 Å². The predicted molar refractivity (Wildman–Crippen MR) is 108 cm³/mol. The largest absolute Gasteiger partial charge is 0.417 e. The summed E-state index contributed by atoms with van der Waals surface area (Å²) in [6, 6.07) is 0. The first-order valence-corrected chi connectivity index (χ1v) is 11.9. The van der Waals surface area contributed by atoms with E-state index in [0.717, 1.165) is 19.4 Å². The second-order valence-electron chi connectivity index (χ2n) is 9.04. The van der Waals surface area contributed by atoms with E-state index in [-0.39, 0.29) is 5.41 Å². The molecule has 0 bridgehead atoms. The molecule has 1 nitrogen and oxygen atoms in total. The first kappa shape index (κ1) is 22.4. The van der Waals surface area contributed by atoms with Crippen molar-refractivity contribution in [2.75, 3.05) is 6.61 Å². The van der Waals surface area contributed by atoms with Crippen molar-refractivity contribution in [1.82, 2.24) is 0 Å². The smallest absolute Gasteiger partial charge is 0.191 e. The van der Waals surface area contributed by atoms with Crippen LogP contribution in [0, 0.1) is 5.41 Å². The van der Waals surface area contributed by atoms with Crippen LogP contribution in [0.5, 0.6) is 0 Å². The molecular weight excluding hydrogens is 296 g/mol. The van der Waals surface area contributed by atoms with Gasteiger partial charge in [-0.1, -0.05) is 71.4 Å². The van der Waals surface area contributed by atoms with Crippen LogP contribution >= 0.6 is 0 Å². The molecule has 0 heterocycles. The Balaban J connectivity index is 4.32. The van der Waals surface area contributed by atoms with Crippen molar-refractivity contribution in [2.24, 2.45) is 5.41 Å². The van der Waals surface area contributed by atoms with Crippen molar-refractivity contribution in [1.29, 1.82) is 0 Å². The summed E-state index contributed by atoms with van der Waals surface area (Å²) in [5, 5.41) is 0.304. The van der Waals surface area contributed by atoms with Gasteiger partial charge in [-0.05, 0) is 55.8 Å². The third kappa shape index (κ3) is 8.71. The second kappa shape index (κ2) is 9.03. The third-order valence-electron chi connectivity index (χ3n) is 4.73. The van der Waals surface area contributed by atoms with Gasteiger partial charge in [0.05, 0.1) is 0 Å². The number of rotatable bonds is 7. The molecule has 0 aliphatic heterocycles. The molecule has 0 rings (SSSR count). The summed E-state index contributed by atoms with van der Waals surface area (Å²) >= 11 is 0. The van der Waals surface area contributed by atoms with Gasteiger partial charge < -0.3 is 4.43 Å². The lowest BCUT2D eigenvalue weighted by molar-refractivity contribution is 0.283. The van der Waals surface area contributed by atoms with E-state index in [0.29, 0.717) is 5.04 Å². The van der Waals surface area contributed by atoms with Crippen molar-refractivity contribution in [3.63, 3.8) is 0 Å². The first-order valence-electron chi connectivity index (χ1n) is 8.97. The normalized spacial score (nSPS) is 15.6. The Labute approximate surface area is 147 Å². The van der Waals surface area contributed by atoms with Gasteiger partial charge in [-0.25, -0.2) is 0 Å². The van der Waals surface area contributed by atoms with Gasteiger partial charge in [-0.3, -0.25) is 0 Å². The van der Waals surface area contributed by atoms with Crippen molar-refractivity contribution in [3.8, 4) is 0 Å². The Bertz CT molecular complexity index is 439. The highest BCUT2D eigenvalue weighted by Gasteiger charge is 2.36. The third-order valence-corrected chi connectivity index (χ3v) is 9.26. The monoisotopic (exact) mass is 336 g/mol. The van der Waals surface area contributed by atoms with Gasteiger partial charge >= 0.3 is 0 Å². The van der Waals surface area contributed by atoms with Gasteiger partial charge in [0.15, 0.2) is 8.32 Å². The molecule has 0 radical (unpaired) electrons. The van der Waals surface area contributed by atoms with E-state index >= 15 is 0 Å². The van der Waals surface area contributed by atoms with Crippen LogP contribution in [0.3, 0.4) is 0 Å². The first-order chi connectivity index (χ1) is 10.3. The van der Waals surface area contributed by atoms with E-state index in [1.165, 1.54) is 11.1 Å². The van der Waals surface area contributed by atoms with E-state index in [9.17, 15) is 0 Å². The topological polar surface area (TPSA) is 9.23 Å². The van der Waals surface area contributed by atoms with E-state index < -0.39 is 8.32 Å². The Hall–Kier alpha value is -0.603. The zero-order valence-electron chi connectivity index (χ0n) is 17.3. The average molecular weight is 337 g/mol. The highest BCUT2D eigenvalue weighted by molar-refractivity contribution is 6.74. The summed E-state index contributed by atoms with van der Waals surface area (Å²) in [5.74, 6) is 0. The summed E-state index contributed by atoms with van der Waals surface area (Å²) < 4.78 is 6.21. The number of allylic oxidation sites excluding steroid dienone is 6. The minimum atomic E-state index is -1.58. The Kier molecular flexibility index (Phi) is 8.79. The molecule has 2 heteroatoms. The predicted octanol–water partition coefficient (Wildman–Crippen LogP) is 7.28. The molecule has 0 amide bonds. The summed E-state index contributed by atoms with van der Waals surface area (Å²) in [6.45, 7) is 23.5. The zero-order chi connectivity index (χ0) is 18.3. The van der Waals surface area contributed by atoms with Crippen molar-refractivity contribution in [2.45, 2.75) is 86.4 Å². The van der Waals surface area contributed by atoms with Crippen LogP contribution in [0.1, 0.15) is 68.2 Å². The summed E-state index contributed by atoms with van der Waals surface area (Å²) in [4.78, 5) is 0. The molecule has 0 saturated heterocycles. The van der Waals surface area contributed by atoms with E-state index in [1.54, 1.807) is 0 Å². The molecule has 23 heavy (non-hydrogen) atoms. The maximum Gasteiger partial charge on any atom is 0.191 e. The lowest BCUT2D eigenvalue weighted by Gasteiger charge is -2.36. The van der Waals surface area contributed by atoms with Crippen LogP contribution < -0.4 is 0 Å². The van der Waals surface area contributed by atoms with Gasteiger partial charge in [0.25, 0.3) is 0 Å². The van der Waals surface area contributed by atoms with Gasteiger partial charge in [0.2, 0.25) is 0 Å². The Morgan fingerprint density at radius 3 is 2.04 bits per heavy atom. The molecule has 0 aliphatic rings. The highest BCUT2D eigenvalue weighted by Crippen LogP contribution is 2.36. The fourth-order valence-electron chi connectivity index (χ4n) is 2.04. The molecule has 0 aromatic heterocycles.